The van der Waals surface area contributed by atoms with E-state index in [-0.39, 0.29) is 33.9 Å². The van der Waals surface area contributed by atoms with E-state index in [4.69, 9.17) is 4.74 Å². The molecule has 0 saturated carbocycles. The lowest BCUT2D eigenvalue weighted by molar-refractivity contribution is -0.0662. The van der Waals surface area contributed by atoms with Gasteiger partial charge in [0.15, 0.2) is 0 Å². The minimum atomic E-state index is -4.25. The summed E-state index contributed by atoms with van der Waals surface area (Å²) in [5.41, 5.74) is -3.96. The van der Waals surface area contributed by atoms with Gasteiger partial charge in [0.2, 0.25) is 0 Å². The van der Waals surface area contributed by atoms with Gasteiger partial charge in [-0.05, 0) is 70.1 Å². The highest BCUT2D eigenvalue weighted by Gasteiger charge is 2.45. The van der Waals surface area contributed by atoms with Crippen LogP contribution in [0.15, 0.2) is 29.2 Å². The maximum atomic E-state index is 12.3. The molecule has 1 heterocycles. The van der Waals surface area contributed by atoms with Gasteiger partial charge in [-0.15, -0.1) is 0 Å². The molecular formula is C15H20F3NOS. The van der Waals surface area contributed by atoms with Gasteiger partial charge in [0.25, 0.3) is 0 Å². The first-order valence-corrected chi connectivity index (χ1v) is 7.61. The van der Waals surface area contributed by atoms with Gasteiger partial charge in [0.05, 0.1) is 17.2 Å². The second-order valence-corrected chi connectivity index (χ2v) is 7.58. The van der Waals surface area contributed by atoms with Gasteiger partial charge in [-0.2, -0.15) is 13.2 Å². The maximum absolute atomic E-state index is 12.3. The Balaban J connectivity index is 2.04. The lowest BCUT2D eigenvalue weighted by Crippen LogP contribution is -2.38. The molecule has 0 aromatic heterocycles. The van der Waals surface area contributed by atoms with E-state index in [1.807, 2.05) is 27.7 Å². The lowest BCUT2D eigenvalue weighted by atomic mass is 9.94. The molecule has 0 bridgehead atoms. The summed E-state index contributed by atoms with van der Waals surface area (Å²) in [5.74, 6) is 0. The largest absolute Gasteiger partial charge is 0.446 e. The number of hydrogen-bond acceptors (Lipinski definition) is 3. The second-order valence-electron chi connectivity index (χ2n) is 6.44. The zero-order valence-corrected chi connectivity index (χ0v) is 13.4. The van der Waals surface area contributed by atoms with Gasteiger partial charge in [-0.3, -0.25) is 0 Å². The van der Waals surface area contributed by atoms with E-state index in [0.717, 1.165) is 12.1 Å². The highest BCUT2D eigenvalue weighted by atomic mass is 32.2. The highest BCUT2D eigenvalue weighted by Crippen LogP contribution is 2.40. The van der Waals surface area contributed by atoms with Crippen molar-refractivity contribution in [1.82, 2.24) is 0 Å². The first-order valence-electron chi connectivity index (χ1n) is 6.79. The van der Waals surface area contributed by atoms with E-state index in [9.17, 15) is 13.2 Å². The number of benzene rings is 1. The van der Waals surface area contributed by atoms with Crippen LogP contribution < -0.4 is 5.32 Å². The van der Waals surface area contributed by atoms with Gasteiger partial charge < -0.3 is 10.1 Å². The van der Waals surface area contributed by atoms with Crippen LogP contribution in [-0.4, -0.2) is 22.8 Å². The van der Waals surface area contributed by atoms with Crippen molar-refractivity contribution in [3.05, 3.63) is 24.3 Å². The molecule has 1 aliphatic heterocycles. The Morgan fingerprint density at radius 3 is 2.14 bits per heavy atom. The van der Waals surface area contributed by atoms with E-state index in [1.165, 1.54) is 12.1 Å². The van der Waals surface area contributed by atoms with Crippen molar-refractivity contribution in [2.24, 2.45) is 0 Å². The monoisotopic (exact) mass is 319 g/mol. The van der Waals surface area contributed by atoms with Crippen molar-refractivity contribution < 1.29 is 17.9 Å². The molecule has 6 heteroatoms. The van der Waals surface area contributed by atoms with Crippen LogP contribution in [0.4, 0.5) is 18.9 Å². The van der Waals surface area contributed by atoms with Crippen molar-refractivity contribution in [3.63, 3.8) is 0 Å². The van der Waals surface area contributed by atoms with Crippen LogP contribution in [-0.2, 0) is 4.74 Å². The number of hydrogen-bond donors (Lipinski definition) is 1. The molecule has 0 amide bonds. The van der Waals surface area contributed by atoms with Gasteiger partial charge in [0, 0.05) is 10.6 Å². The molecule has 1 fully saturated rings. The maximum Gasteiger partial charge on any atom is 0.446 e. The molecule has 0 aliphatic carbocycles. The van der Waals surface area contributed by atoms with E-state index in [0.29, 0.717) is 0 Å². The molecule has 118 valence electrons. The third kappa shape index (κ3) is 4.54. The molecule has 2 rings (SSSR count). The third-order valence-corrected chi connectivity index (χ3v) is 4.24. The predicted octanol–water partition coefficient (Wildman–Crippen LogP) is 5.06. The zero-order chi connectivity index (χ0) is 15.9. The Bertz CT molecular complexity index is 497. The Hall–Kier alpha value is -0.880. The lowest BCUT2D eigenvalue weighted by Gasteiger charge is -2.28. The first kappa shape index (κ1) is 16.5. The average molecular weight is 319 g/mol. The van der Waals surface area contributed by atoms with Crippen LogP contribution in [0.2, 0.25) is 0 Å². The average Bonchev–Trinajstić information content (AvgIpc) is 2.47. The number of halogens is 3. The molecule has 0 radical (unpaired) electrons. The second kappa shape index (κ2) is 5.39. The van der Waals surface area contributed by atoms with Crippen LogP contribution >= 0.6 is 11.8 Å². The Morgan fingerprint density at radius 2 is 1.71 bits per heavy atom. The Labute approximate surface area is 127 Å². The summed E-state index contributed by atoms with van der Waals surface area (Å²) in [6.45, 7) is 8.12. The van der Waals surface area contributed by atoms with E-state index in [2.05, 4.69) is 5.32 Å². The van der Waals surface area contributed by atoms with Gasteiger partial charge in [-0.25, -0.2) is 0 Å². The normalized spacial score (nSPS) is 24.0. The van der Waals surface area contributed by atoms with Crippen LogP contribution in [0.5, 0.6) is 0 Å². The Kier molecular flexibility index (Phi) is 4.23. The van der Waals surface area contributed by atoms with Crippen LogP contribution in [0, 0.1) is 0 Å². The van der Waals surface area contributed by atoms with E-state index >= 15 is 0 Å². The summed E-state index contributed by atoms with van der Waals surface area (Å²) in [7, 11) is 0. The quantitative estimate of drug-likeness (QED) is 0.787. The zero-order valence-electron chi connectivity index (χ0n) is 12.5. The SMILES string of the molecule is CC1(C)CC(Nc2ccc(SC(F)(F)F)cc2)C(C)(C)O1. The molecule has 21 heavy (non-hydrogen) atoms. The van der Waals surface area contributed by atoms with E-state index < -0.39 is 5.51 Å². The number of alkyl halides is 3. The van der Waals surface area contributed by atoms with Gasteiger partial charge >= 0.3 is 5.51 Å². The molecule has 1 unspecified atom stereocenters. The van der Waals surface area contributed by atoms with Crippen molar-refractivity contribution in [2.45, 2.75) is 61.8 Å². The number of thioether (sulfide) groups is 1. The summed E-state index contributed by atoms with van der Waals surface area (Å²) in [5, 5.41) is 3.36. The van der Waals surface area contributed by atoms with Crippen molar-refractivity contribution in [2.75, 3.05) is 5.32 Å². The molecular weight excluding hydrogens is 299 g/mol. The topological polar surface area (TPSA) is 21.3 Å². The van der Waals surface area contributed by atoms with Crippen LogP contribution in [0.25, 0.3) is 0 Å². The minimum Gasteiger partial charge on any atom is -0.379 e. The molecule has 1 aromatic carbocycles. The van der Waals surface area contributed by atoms with Crippen molar-refractivity contribution in [3.8, 4) is 0 Å². The Morgan fingerprint density at radius 1 is 1.14 bits per heavy atom. The summed E-state index contributed by atoms with van der Waals surface area (Å²) in [6.07, 6.45) is 0.846. The molecule has 1 aromatic rings. The van der Waals surface area contributed by atoms with Crippen LogP contribution in [0.1, 0.15) is 34.1 Å². The molecule has 0 spiro atoms. The molecule has 1 atom stereocenters. The molecule has 1 N–H and O–H groups in total. The summed E-state index contributed by atoms with van der Waals surface area (Å²) in [6, 6.07) is 6.43. The van der Waals surface area contributed by atoms with Crippen molar-refractivity contribution >= 4 is 17.4 Å². The van der Waals surface area contributed by atoms with Gasteiger partial charge in [0.1, 0.15) is 0 Å². The number of anilines is 1. The standard InChI is InChI=1S/C15H20F3NOS/c1-13(2)9-12(14(3,4)20-13)19-10-5-7-11(8-6-10)21-15(16,17)18/h5-8,12,19H,9H2,1-4H3. The number of nitrogens with one attached hydrogen (secondary N) is 1. The molecule has 1 aliphatic rings. The third-order valence-electron chi connectivity index (χ3n) is 3.50. The fourth-order valence-electron chi connectivity index (χ4n) is 2.74. The number of ether oxygens (including phenoxy) is 1. The molecule has 2 nitrogen and oxygen atoms in total. The number of rotatable bonds is 3. The van der Waals surface area contributed by atoms with Crippen molar-refractivity contribution in [1.29, 1.82) is 0 Å². The van der Waals surface area contributed by atoms with E-state index in [1.54, 1.807) is 12.1 Å². The van der Waals surface area contributed by atoms with Gasteiger partial charge in [-0.1, -0.05) is 0 Å². The fourth-order valence-corrected chi connectivity index (χ4v) is 3.28. The first-order chi connectivity index (χ1) is 9.47. The fraction of sp³-hybridized carbons (Fsp3) is 0.600. The van der Waals surface area contributed by atoms with Crippen LogP contribution in [0.3, 0.4) is 0 Å². The summed E-state index contributed by atoms with van der Waals surface area (Å²) >= 11 is -0.101. The predicted molar refractivity (Wildman–Crippen MR) is 79.6 cm³/mol. The summed E-state index contributed by atoms with van der Waals surface area (Å²) < 4.78 is 42.9. The minimum absolute atomic E-state index is 0.101. The molecule has 1 saturated heterocycles. The smallest absolute Gasteiger partial charge is 0.379 e. The summed E-state index contributed by atoms with van der Waals surface area (Å²) in [4.78, 5) is 0.190. The highest BCUT2D eigenvalue weighted by molar-refractivity contribution is 8.00.